The summed E-state index contributed by atoms with van der Waals surface area (Å²) in [5.41, 5.74) is -0.366. The zero-order chi connectivity index (χ0) is 11.6. The Morgan fingerprint density at radius 1 is 1.31 bits per heavy atom. The number of hydrogen-bond acceptors (Lipinski definition) is 2. The summed E-state index contributed by atoms with van der Waals surface area (Å²) in [6.45, 7) is 4.95. The van der Waals surface area contributed by atoms with Crippen LogP contribution in [0.3, 0.4) is 0 Å². The average Bonchev–Trinajstić information content (AvgIpc) is 2.87. The largest absolute Gasteiger partial charge is 0.367 e. The van der Waals surface area contributed by atoms with Gasteiger partial charge in [0.1, 0.15) is 5.60 Å². The van der Waals surface area contributed by atoms with E-state index < -0.39 is 0 Å². The third-order valence-corrected chi connectivity index (χ3v) is 4.31. The van der Waals surface area contributed by atoms with Crippen molar-refractivity contribution in [2.45, 2.75) is 64.4 Å². The Bertz CT molecular complexity index is 261. The highest BCUT2D eigenvalue weighted by molar-refractivity contribution is 5.88. The molecule has 0 heterocycles. The summed E-state index contributed by atoms with van der Waals surface area (Å²) in [5, 5.41) is 0. The Labute approximate surface area is 98.7 Å². The monoisotopic (exact) mass is 224 g/mol. The first-order chi connectivity index (χ1) is 7.73. The molecule has 0 N–H and O–H groups in total. The number of fused-ring (bicyclic) bond motifs is 2. The van der Waals surface area contributed by atoms with E-state index in [1.807, 2.05) is 0 Å². The highest BCUT2D eigenvalue weighted by Crippen LogP contribution is 2.53. The molecule has 2 rings (SSSR count). The van der Waals surface area contributed by atoms with E-state index in [9.17, 15) is 4.79 Å². The van der Waals surface area contributed by atoms with Crippen LogP contribution in [-0.4, -0.2) is 18.0 Å². The second-order valence-electron chi connectivity index (χ2n) is 5.49. The van der Waals surface area contributed by atoms with Gasteiger partial charge >= 0.3 is 0 Å². The first-order valence-corrected chi connectivity index (χ1v) is 6.90. The van der Waals surface area contributed by atoms with Crippen molar-refractivity contribution in [1.82, 2.24) is 0 Å². The van der Waals surface area contributed by atoms with Crippen LogP contribution in [0.1, 0.15) is 58.8 Å². The van der Waals surface area contributed by atoms with E-state index in [0.717, 1.165) is 31.8 Å². The van der Waals surface area contributed by atoms with Gasteiger partial charge < -0.3 is 4.74 Å². The Kier molecular flexibility index (Phi) is 3.68. The minimum atomic E-state index is -0.366. The van der Waals surface area contributed by atoms with Crippen LogP contribution in [0.15, 0.2) is 0 Å². The lowest BCUT2D eigenvalue weighted by Crippen LogP contribution is -2.46. The molecule has 2 fully saturated rings. The fourth-order valence-electron chi connectivity index (χ4n) is 3.60. The molecule has 92 valence electrons. The molecule has 3 atom stereocenters. The molecular weight excluding hydrogens is 200 g/mol. The molecule has 2 aliphatic carbocycles. The molecule has 16 heavy (non-hydrogen) atoms. The number of ketones is 1. The first kappa shape index (κ1) is 12.1. The summed E-state index contributed by atoms with van der Waals surface area (Å²) in [7, 11) is 0. The van der Waals surface area contributed by atoms with E-state index in [2.05, 4.69) is 13.8 Å². The van der Waals surface area contributed by atoms with Crippen LogP contribution < -0.4 is 0 Å². The molecule has 2 saturated carbocycles. The van der Waals surface area contributed by atoms with Gasteiger partial charge in [0.25, 0.3) is 0 Å². The quantitative estimate of drug-likeness (QED) is 0.691. The molecule has 2 heteroatoms. The van der Waals surface area contributed by atoms with Crippen molar-refractivity contribution in [2.24, 2.45) is 11.8 Å². The minimum absolute atomic E-state index is 0.366. The lowest BCUT2D eigenvalue weighted by atomic mass is 9.79. The maximum absolute atomic E-state index is 12.3. The van der Waals surface area contributed by atoms with E-state index in [4.69, 9.17) is 4.74 Å². The van der Waals surface area contributed by atoms with Crippen molar-refractivity contribution in [1.29, 1.82) is 0 Å². The van der Waals surface area contributed by atoms with Crippen LogP contribution in [0, 0.1) is 11.8 Å². The predicted octanol–water partition coefficient (Wildman–Crippen LogP) is 3.34. The second-order valence-corrected chi connectivity index (χ2v) is 5.49. The highest BCUT2D eigenvalue weighted by Gasteiger charge is 2.55. The number of carbonyl (C=O) groups excluding carboxylic acids is 1. The van der Waals surface area contributed by atoms with E-state index in [0.29, 0.717) is 18.1 Å². The normalized spacial score (nSPS) is 36.9. The summed E-state index contributed by atoms with van der Waals surface area (Å²) >= 11 is 0. The zero-order valence-electron chi connectivity index (χ0n) is 10.6. The summed E-state index contributed by atoms with van der Waals surface area (Å²) < 4.78 is 6.04. The average molecular weight is 224 g/mol. The Morgan fingerprint density at radius 2 is 2.12 bits per heavy atom. The van der Waals surface area contributed by atoms with Gasteiger partial charge in [0, 0.05) is 13.0 Å². The van der Waals surface area contributed by atoms with Gasteiger partial charge in [-0.15, -0.1) is 0 Å². The number of rotatable bonds is 6. The van der Waals surface area contributed by atoms with Crippen LogP contribution in [0.25, 0.3) is 0 Å². The first-order valence-electron chi connectivity index (χ1n) is 6.90. The summed E-state index contributed by atoms with van der Waals surface area (Å²) in [4.78, 5) is 12.3. The van der Waals surface area contributed by atoms with Crippen molar-refractivity contribution in [3.63, 3.8) is 0 Å². The summed E-state index contributed by atoms with van der Waals surface area (Å²) in [5.74, 6) is 1.68. The molecular formula is C14H24O2. The zero-order valence-corrected chi connectivity index (χ0v) is 10.6. The molecule has 0 saturated heterocycles. The van der Waals surface area contributed by atoms with Gasteiger partial charge in [-0.05, 0) is 50.4 Å². The third-order valence-electron chi connectivity index (χ3n) is 4.31. The van der Waals surface area contributed by atoms with E-state index in [1.165, 1.54) is 19.3 Å². The Morgan fingerprint density at radius 3 is 2.62 bits per heavy atom. The van der Waals surface area contributed by atoms with Crippen molar-refractivity contribution >= 4 is 5.78 Å². The lowest BCUT2D eigenvalue weighted by molar-refractivity contribution is -0.153. The molecule has 0 aromatic rings. The van der Waals surface area contributed by atoms with E-state index in [1.54, 1.807) is 0 Å². The summed E-state index contributed by atoms with van der Waals surface area (Å²) in [6.07, 6.45) is 7.44. The van der Waals surface area contributed by atoms with Crippen molar-refractivity contribution in [2.75, 3.05) is 6.61 Å². The number of ether oxygens (including phenoxy) is 1. The fourth-order valence-corrected chi connectivity index (χ4v) is 3.60. The molecule has 3 unspecified atom stereocenters. The van der Waals surface area contributed by atoms with Crippen LogP contribution >= 0.6 is 0 Å². The number of Topliss-reactive ketones (excluding diaryl/α,β-unsaturated/α-hetero) is 1. The number of carbonyl (C=O) groups is 1. The SMILES string of the molecule is CCCOC1(C(=O)CCC)CC2CCC1C2. The van der Waals surface area contributed by atoms with Gasteiger partial charge in [0.05, 0.1) is 0 Å². The molecule has 2 bridgehead atoms. The minimum Gasteiger partial charge on any atom is -0.367 e. The van der Waals surface area contributed by atoms with Crippen molar-refractivity contribution in [3.05, 3.63) is 0 Å². The maximum Gasteiger partial charge on any atom is 0.164 e. The number of hydrogen-bond donors (Lipinski definition) is 0. The predicted molar refractivity (Wildman–Crippen MR) is 64.3 cm³/mol. The molecule has 0 radical (unpaired) electrons. The van der Waals surface area contributed by atoms with Gasteiger partial charge in [-0.25, -0.2) is 0 Å². The van der Waals surface area contributed by atoms with Gasteiger partial charge in [-0.2, -0.15) is 0 Å². The van der Waals surface area contributed by atoms with Gasteiger partial charge in [0.2, 0.25) is 0 Å². The Hall–Kier alpha value is -0.370. The highest BCUT2D eigenvalue weighted by atomic mass is 16.5. The van der Waals surface area contributed by atoms with Gasteiger partial charge in [-0.3, -0.25) is 4.79 Å². The van der Waals surface area contributed by atoms with Crippen molar-refractivity contribution < 1.29 is 9.53 Å². The van der Waals surface area contributed by atoms with Crippen molar-refractivity contribution in [3.8, 4) is 0 Å². The topological polar surface area (TPSA) is 26.3 Å². The van der Waals surface area contributed by atoms with E-state index in [-0.39, 0.29) is 5.60 Å². The molecule has 2 nitrogen and oxygen atoms in total. The fraction of sp³-hybridized carbons (Fsp3) is 0.929. The maximum atomic E-state index is 12.3. The molecule has 0 aromatic carbocycles. The van der Waals surface area contributed by atoms with Crippen LogP contribution in [0.4, 0.5) is 0 Å². The van der Waals surface area contributed by atoms with E-state index >= 15 is 0 Å². The van der Waals surface area contributed by atoms with Crippen LogP contribution in [-0.2, 0) is 9.53 Å². The second kappa shape index (κ2) is 4.87. The molecule has 2 aliphatic rings. The van der Waals surface area contributed by atoms with Gasteiger partial charge in [0.15, 0.2) is 5.78 Å². The molecule has 0 spiro atoms. The smallest absolute Gasteiger partial charge is 0.164 e. The Balaban J connectivity index is 2.10. The molecule has 0 aromatic heterocycles. The van der Waals surface area contributed by atoms with Crippen LogP contribution in [0.2, 0.25) is 0 Å². The van der Waals surface area contributed by atoms with Crippen LogP contribution in [0.5, 0.6) is 0 Å². The lowest BCUT2D eigenvalue weighted by Gasteiger charge is -2.36. The summed E-state index contributed by atoms with van der Waals surface area (Å²) in [6, 6.07) is 0. The molecule has 0 aliphatic heterocycles. The standard InChI is InChI=1S/C14H24O2/c1-3-5-13(15)14(16-8-4-2)10-11-6-7-12(14)9-11/h11-12H,3-10H2,1-2H3. The molecule has 0 amide bonds. The van der Waals surface area contributed by atoms with Gasteiger partial charge in [-0.1, -0.05) is 13.8 Å². The third kappa shape index (κ3) is 1.92.